The molecule has 1 heterocycles. The van der Waals surface area contributed by atoms with Crippen molar-refractivity contribution in [2.24, 2.45) is 5.73 Å². The number of nitrogens with one attached hydrogen (secondary N) is 1. The highest BCUT2D eigenvalue weighted by Crippen LogP contribution is 2.23. The number of carbonyl (C=O) groups is 1. The number of anilines is 1. The molecule has 2 rings (SSSR count). The Bertz CT molecular complexity index is 596. The Kier molecular flexibility index (Phi) is 4.84. The summed E-state index contributed by atoms with van der Waals surface area (Å²) in [7, 11) is 0. The summed E-state index contributed by atoms with van der Waals surface area (Å²) < 4.78 is 0. The summed E-state index contributed by atoms with van der Waals surface area (Å²) in [6.45, 7) is 2.17. The van der Waals surface area contributed by atoms with Crippen LogP contribution in [0.3, 0.4) is 0 Å². The molecule has 6 heteroatoms. The fourth-order valence-electron chi connectivity index (χ4n) is 1.81. The summed E-state index contributed by atoms with van der Waals surface area (Å²) in [5, 5.41) is 15.0. The Morgan fingerprint density at radius 3 is 2.95 bits per heavy atom. The Balaban J connectivity index is 2.15. The molecule has 0 aliphatic heterocycles. The Labute approximate surface area is 121 Å². The van der Waals surface area contributed by atoms with Crippen LogP contribution in [0.4, 0.5) is 5.69 Å². The average Bonchev–Trinajstić information content (AvgIpc) is 2.88. The number of thiazole rings is 1. The van der Waals surface area contributed by atoms with Gasteiger partial charge in [-0.2, -0.15) is 0 Å². The number of aliphatic hydroxyl groups is 1. The van der Waals surface area contributed by atoms with Crippen molar-refractivity contribution in [2.45, 2.75) is 19.4 Å². The molecule has 0 aliphatic rings. The summed E-state index contributed by atoms with van der Waals surface area (Å²) in [5.41, 5.74) is 7.11. The van der Waals surface area contributed by atoms with E-state index in [0.717, 1.165) is 5.01 Å². The maximum atomic E-state index is 12.1. The molecule has 0 bridgehead atoms. The van der Waals surface area contributed by atoms with Crippen LogP contribution in [0.2, 0.25) is 0 Å². The SMILES string of the molecule is CC(O)c1ccccc1NC(=O)c1csc(CCN)n1. The Hall–Kier alpha value is -1.76. The van der Waals surface area contributed by atoms with Crippen LogP contribution in [0.1, 0.15) is 34.1 Å². The van der Waals surface area contributed by atoms with Crippen molar-refractivity contribution in [1.29, 1.82) is 0 Å². The smallest absolute Gasteiger partial charge is 0.275 e. The van der Waals surface area contributed by atoms with E-state index < -0.39 is 6.10 Å². The zero-order valence-electron chi connectivity index (χ0n) is 11.2. The molecule has 4 N–H and O–H groups in total. The normalized spacial score (nSPS) is 12.2. The van der Waals surface area contributed by atoms with Crippen molar-refractivity contribution in [3.05, 3.63) is 45.9 Å². The van der Waals surface area contributed by atoms with E-state index in [4.69, 9.17) is 5.73 Å². The van der Waals surface area contributed by atoms with Crippen molar-refractivity contribution in [2.75, 3.05) is 11.9 Å². The number of benzene rings is 1. The number of hydrogen-bond donors (Lipinski definition) is 3. The lowest BCUT2D eigenvalue weighted by Crippen LogP contribution is -2.14. The van der Waals surface area contributed by atoms with Crippen molar-refractivity contribution in [3.63, 3.8) is 0 Å². The van der Waals surface area contributed by atoms with E-state index in [9.17, 15) is 9.90 Å². The first-order valence-corrected chi connectivity index (χ1v) is 7.22. The molecule has 0 fully saturated rings. The minimum absolute atomic E-state index is 0.280. The van der Waals surface area contributed by atoms with Crippen LogP contribution < -0.4 is 11.1 Å². The molecule has 0 aliphatic carbocycles. The van der Waals surface area contributed by atoms with Crippen molar-refractivity contribution in [3.8, 4) is 0 Å². The second-order valence-electron chi connectivity index (χ2n) is 4.38. The van der Waals surface area contributed by atoms with Gasteiger partial charge in [-0.1, -0.05) is 18.2 Å². The number of para-hydroxylation sites is 1. The molecule has 20 heavy (non-hydrogen) atoms. The number of hydrogen-bond acceptors (Lipinski definition) is 5. The first-order chi connectivity index (χ1) is 9.61. The molecule has 0 saturated carbocycles. The van der Waals surface area contributed by atoms with Gasteiger partial charge in [-0.25, -0.2) is 4.98 Å². The highest BCUT2D eigenvalue weighted by molar-refractivity contribution is 7.09. The molecule has 1 unspecified atom stereocenters. The van der Waals surface area contributed by atoms with Gasteiger partial charge in [0, 0.05) is 23.1 Å². The van der Waals surface area contributed by atoms with Gasteiger partial charge in [0.1, 0.15) is 5.69 Å². The molecule has 106 valence electrons. The zero-order chi connectivity index (χ0) is 14.5. The predicted molar refractivity (Wildman–Crippen MR) is 79.9 cm³/mol. The minimum atomic E-state index is -0.644. The third-order valence-corrected chi connectivity index (χ3v) is 3.71. The summed E-state index contributed by atoms with van der Waals surface area (Å²) >= 11 is 1.42. The van der Waals surface area contributed by atoms with Crippen molar-refractivity contribution < 1.29 is 9.90 Å². The molecule has 1 amide bonds. The van der Waals surface area contributed by atoms with Gasteiger partial charge in [0.25, 0.3) is 5.91 Å². The summed E-state index contributed by atoms with van der Waals surface area (Å²) in [6.07, 6.45) is 0.0251. The quantitative estimate of drug-likeness (QED) is 0.785. The van der Waals surface area contributed by atoms with Gasteiger partial charge >= 0.3 is 0 Å². The fraction of sp³-hybridized carbons (Fsp3) is 0.286. The van der Waals surface area contributed by atoms with Gasteiger partial charge in [0.15, 0.2) is 0 Å². The lowest BCUT2D eigenvalue weighted by Gasteiger charge is -2.12. The van der Waals surface area contributed by atoms with E-state index in [1.807, 2.05) is 12.1 Å². The van der Waals surface area contributed by atoms with E-state index in [1.54, 1.807) is 24.4 Å². The van der Waals surface area contributed by atoms with Gasteiger partial charge in [0.05, 0.1) is 11.1 Å². The summed E-state index contributed by atoms with van der Waals surface area (Å²) in [4.78, 5) is 16.4. The number of nitrogens with zero attached hydrogens (tertiary/aromatic N) is 1. The molecular weight excluding hydrogens is 274 g/mol. The van der Waals surface area contributed by atoms with Gasteiger partial charge in [-0.3, -0.25) is 4.79 Å². The maximum Gasteiger partial charge on any atom is 0.275 e. The number of amides is 1. The highest BCUT2D eigenvalue weighted by atomic mass is 32.1. The number of aromatic nitrogens is 1. The topological polar surface area (TPSA) is 88.2 Å². The van der Waals surface area contributed by atoms with E-state index in [2.05, 4.69) is 10.3 Å². The minimum Gasteiger partial charge on any atom is -0.389 e. The van der Waals surface area contributed by atoms with Crippen molar-refractivity contribution >= 4 is 22.9 Å². The average molecular weight is 291 g/mol. The fourth-order valence-corrected chi connectivity index (χ4v) is 2.61. The van der Waals surface area contributed by atoms with Gasteiger partial charge in [-0.15, -0.1) is 11.3 Å². The lowest BCUT2D eigenvalue weighted by atomic mass is 10.1. The van der Waals surface area contributed by atoms with Crippen LogP contribution in [-0.2, 0) is 6.42 Å². The van der Waals surface area contributed by atoms with E-state index >= 15 is 0 Å². The third kappa shape index (κ3) is 3.41. The van der Waals surface area contributed by atoms with Crippen LogP contribution in [0, 0.1) is 0 Å². The predicted octanol–water partition coefficient (Wildman–Crippen LogP) is 1.95. The van der Waals surface area contributed by atoms with E-state index in [-0.39, 0.29) is 5.91 Å². The second-order valence-corrected chi connectivity index (χ2v) is 5.33. The molecule has 1 aromatic carbocycles. The van der Waals surface area contributed by atoms with Gasteiger partial charge in [-0.05, 0) is 19.5 Å². The molecule has 0 saturated heterocycles. The van der Waals surface area contributed by atoms with Crippen LogP contribution in [0.5, 0.6) is 0 Å². The standard InChI is InChI=1S/C14H17N3O2S/c1-9(18)10-4-2-3-5-11(10)17-14(19)12-8-20-13(16-12)6-7-15/h2-5,8-9,18H,6-7,15H2,1H3,(H,17,19). The van der Waals surface area contributed by atoms with Crippen LogP contribution in [0.15, 0.2) is 29.6 Å². The first-order valence-electron chi connectivity index (χ1n) is 6.34. The molecule has 2 aromatic rings. The zero-order valence-corrected chi connectivity index (χ0v) is 12.0. The van der Waals surface area contributed by atoms with Crippen molar-refractivity contribution in [1.82, 2.24) is 4.98 Å². The molecule has 1 aromatic heterocycles. The highest BCUT2D eigenvalue weighted by Gasteiger charge is 2.14. The first kappa shape index (κ1) is 14.6. The molecular formula is C14H17N3O2S. The Morgan fingerprint density at radius 1 is 1.50 bits per heavy atom. The third-order valence-electron chi connectivity index (χ3n) is 2.80. The summed E-state index contributed by atoms with van der Waals surface area (Å²) in [6, 6.07) is 7.16. The lowest BCUT2D eigenvalue weighted by molar-refractivity contribution is 0.102. The van der Waals surface area contributed by atoms with Gasteiger partial charge < -0.3 is 16.2 Å². The maximum absolute atomic E-state index is 12.1. The van der Waals surface area contributed by atoms with E-state index in [0.29, 0.717) is 29.9 Å². The largest absolute Gasteiger partial charge is 0.389 e. The number of rotatable bonds is 5. The number of nitrogens with two attached hydrogens (primary N) is 1. The number of carbonyl (C=O) groups excluding carboxylic acids is 1. The monoisotopic (exact) mass is 291 g/mol. The van der Waals surface area contributed by atoms with Gasteiger partial charge in [0.2, 0.25) is 0 Å². The molecule has 0 spiro atoms. The van der Waals surface area contributed by atoms with Crippen LogP contribution >= 0.6 is 11.3 Å². The number of aliphatic hydroxyl groups excluding tert-OH is 1. The van der Waals surface area contributed by atoms with Crippen LogP contribution in [0.25, 0.3) is 0 Å². The molecule has 1 atom stereocenters. The van der Waals surface area contributed by atoms with Crippen LogP contribution in [-0.4, -0.2) is 22.5 Å². The van der Waals surface area contributed by atoms with E-state index in [1.165, 1.54) is 11.3 Å². The Morgan fingerprint density at radius 2 is 2.25 bits per heavy atom. The summed E-state index contributed by atoms with van der Waals surface area (Å²) in [5.74, 6) is -0.280. The molecule has 5 nitrogen and oxygen atoms in total. The molecule has 0 radical (unpaired) electrons. The second kappa shape index (κ2) is 6.60.